The maximum atomic E-state index is 11.9. The molecular formula is C18H19NO4. The summed E-state index contributed by atoms with van der Waals surface area (Å²) in [6, 6.07) is 12.2. The molecule has 0 saturated carbocycles. The highest BCUT2D eigenvalue weighted by atomic mass is 16.5. The van der Waals surface area contributed by atoms with Gasteiger partial charge in [-0.05, 0) is 49.2 Å². The van der Waals surface area contributed by atoms with Crippen LogP contribution in [0.2, 0.25) is 0 Å². The first-order chi connectivity index (χ1) is 11.0. The van der Waals surface area contributed by atoms with Crippen molar-refractivity contribution in [2.45, 2.75) is 13.8 Å². The third-order valence-corrected chi connectivity index (χ3v) is 3.41. The van der Waals surface area contributed by atoms with Crippen LogP contribution in [-0.2, 0) is 9.53 Å². The summed E-state index contributed by atoms with van der Waals surface area (Å²) < 4.78 is 10.0. The molecule has 1 amide bonds. The molecule has 120 valence electrons. The Morgan fingerprint density at radius 1 is 1.00 bits per heavy atom. The fourth-order valence-corrected chi connectivity index (χ4v) is 2.13. The molecule has 5 nitrogen and oxygen atoms in total. The van der Waals surface area contributed by atoms with E-state index in [0.29, 0.717) is 11.3 Å². The molecule has 0 saturated heterocycles. The fourth-order valence-electron chi connectivity index (χ4n) is 2.13. The molecule has 0 fully saturated rings. The number of ether oxygens (including phenoxy) is 2. The van der Waals surface area contributed by atoms with Gasteiger partial charge in [0.05, 0.1) is 12.7 Å². The average Bonchev–Trinajstić information content (AvgIpc) is 2.56. The molecular weight excluding hydrogens is 294 g/mol. The highest BCUT2D eigenvalue weighted by molar-refractivity contribution is 5.96. The van der Waals surface area contributed by atoms with Gasteiger partial charge in [0, 0.05) is 5.69 Å². The van der Waals surface area contributed by atoms with E-state index < -0.39 is 5.97 Å². The molecule has 1 N–H and O–H groups in total. The van der Waals surface area contributed by atoms with Crippen LogP contribution in [0.25, 0.3) is 0 Å². The van der Waals surface area contributed by atoms with E-state index in [0.717, 1.165) is 16.8 Å². The Hall–Kier alpha value is -2.82. The van der Waals surface area contributed by atoms with E-state index in [1.165, 1.54) is 0 Å². The lowest BCUT2D eigenvalue weighted by atomic mass is 10.1. The van der Waals surface area contributed by atoms with Crippen molar-refractivity contribution < 1.29 is 19.1 Å². The lowest BCUT2D eigenvalue weighted by Gasteiger charge is -2.11. The number of aryl methyl sites for hydroxylation is 2. The average molecular weight is 313 g/mol. The molecule has 0 atom stereocenters. The standard InChI is InChI=1S/C18H19NO4/c1-12-5-4-6-13(2)17(12)19-16(20)11-23-18(21)14-7-9-15(22-3)10-8-14/h4-10H,11H2,1-3H3,(H,19,20). The number of anilines is 1. The number of rotatable bonds is 5. The summed E-state index contributed by atoms with van der Waals surface area (Å²) in [5.74, 6) is -0.275. The van der Waals surface area contributed by atoms with Gasteiger partial charge in [-0.25, -0.2) is 4.79 Å². The van der Waals surface area contributed by atoms with Crippen molar-refractivity contribution in [1.82, 2.24) is 0 Å². The third kappa shape index (κ3) is 4.32. The van der Waals surface area contributed by atoms with Gasteiger partial charge in [-0.2, -0.15) is 0 Å². The quantitative estimate of drug-likeness (QED) is 0.861. The molecule has 2 aromatic carbocycles. The molecule has 0 radical (unpaired) electrons. The van der Waals surface area contributed by atoms with E-state index in [2.05, 4.69) is 5.32 Å². The number of hydrogen-bond acceptors (Lipinski definition) is 4. The summed E-state index contributed by atoms with van der Waals surface area (Å²) in [6.45, 7) is 3.48. The Balaban J connectivity index is 1.92. The number of carbonyl (C=O) groups excluding carboxylic acids is 2. The monoisotopic (exact) mass is 313 g/mol. The van der Waals surface area contributed by atoms with Crippen LogP contribution in [0.15, 0.2) is 42.5 Å². The second-order valence-electron chi connectivity index (χ2n) is 5.12. The number of hydrogen-bond donors (Lipinski definition) is 1. The van der Waals surface area contributed by atoms with E-state index in [1.54, 1.807) is 31.4 Å². The minimum absolute atomic E-state index is 0.335. The molecule has 0 aromatic heterocycles. The number of esters is 1. The summed E-state index contributed by atoms with van der Waals surface area (Å²) in [4.78, 5) is 23.8. The summed E-state index contributed by atoms with van der Waals surface area (Å²) >= 11 is 0. The molecule has 0 aliphatic heterocycles. The van der Waals surface area contributed by atoms with Crippen LogP contribution in [0.1, 0.15) is 21.5 Å². The zero-order valence-corrected chi connectivity index (χ0v) is 13.4. The smallest absolute Gasteiger partial charge is 0.338 e. The highest BCUT2D eigenvalue weighted by Crippen LogP contribution is 2.19. The van der Waals surface area contributed by atoms with Gasteiger partial charge < -0.3 is 14.8 Å². The van der Waals surface area contributed by atoms with Crippen LogP contribution in [0.3, 0.4) is 0 Å². The topological polar surface area (TPSA) is 64.6 Å². The number of methoxy groups -OCH3 is 1. The zero-order valence-electron chi connectivity index (χ0n) is 13.4. The molecule has 2 rings (SSSR count). The number of para-hydroxylation sites is 1. The molecule has 0 heterocycles. The summed E-state index contributed by atoms with van der Waals surface area (Å²) in [5, 5.41) is 2.77. The first-order valence-electron chi connectivity index (χ1n) is 7.18. The van der Waals surface area contributed by atoms with Gasteiger partial charge in [0.25, 0.3) is 5.91 Å². The summed E-state index contributed by atoms with van der Waals surface area (Å²) in [6.07, 6.45) is 0. The van der Waals surface area contributed by atoms with E-state index in [-0.39, 0.29) is 12.5 Å². The summed E-state index contributed by atoms with van der Waals surface area (Å²) in [7, 11) is 1.55. The maximum Gasteiger partial charge on any atom is 0.338 e. The van der Waals surface area contributed by atoms with Crippen LogP contribution in [-0.4, -0.2) is 25.6 Å². The summed E-state index contributed by atoms with van der Waals surface area (Å²) in [5.41, 5.74) is 3.03. The lowest BCUT2D eigenvalue weighted by Crippen LogP contribution is -2.21. The van der Waals surface area contributed by atoms with Crippen molar-refractivity contribution in [2.75, 3.05) is 19.0 Å². The van der Waals surface area contributed by atoms with Crippen molar-refractivity contribution in [1.29, 1.82) is 0 Å². The molecule has 0 spiro atoms. The Morgan fingerprint density at radius 3 is 2.17 bits per heavy atom. The predicted octanol–water partition coefficient (Wildman–Crippen LogP) is 3.11. The molecule has 5 heteroatoms. The van der Waals surface area contributed by atoms with Crippen molar-refractivity contribution in [2.24, 2.45) is 0 Å². The second kappa shape index (κ2) is 7.45. The maximum absolute atomic E-state index is 11.9. The Morgan fingerprint density at radius 2 is 1.61 bits per heavy atom. The van der Waals surface area contributed by atoms with Crippen LogP contribution in [0.4, 0.5) is 5.69 Å². The molecule has 2 aromatic rings. The van der Waals surface area contributed by atoms with Crippen LogP contribution in [0, 0.1) is 13.8 Å². The number of benzene rings is 2. The number of amides is 1. The van der Waals surface area contributed by atoms with Crippen molar-refractivity contribution in [3.63, 3.8) is 0 Å². The van der Waals surface area contributed by atoms with Gasteiger partial charge in [-0.3, -0.25) is 4.79 Å². The van der Waals surface area contributed by atoms with Gasteiger partial charge >= 0.3 is 5.97 Å². The Bertz CT molecular complexity index is 687. The van der Waals surface area contributed by atoms with Gasteiger partial charge in [-0.1, -0.05) is 18.2 Å². The molecule has 0 aliphatic carbocycles. The minimum Gasteiger partial charge on any atom is -0.497 e. The third-order valence-electron chi connectivity index (χ3n) is 3.41. The van der Waals surface area contributed by atoms with Crippen molar-refractivity contribution in [3.05, 3.63) is 59.2 Å². The largest absolute Gasteiger partial charge is 0.497 e. The van der Waals surface area contributed by atoms with Crippen LogP contribution < -0.4 is 10.1 Å². The highest BCUT2D eigenvalue weighted by Gasteiger charge is 2.12. The Labute approximate surface area is 135 Å². The van der Waals surface area contributed by atoms with E-state index in [9.17, 15) is 9.59 Å². The van der Waals surface area contributed by atoms with E-state index in [1.807, 2.05) is 32.0 Å². The molecule has 23 heavy (non-hydrogen) atoms. The van der Waals surface area contributed by atoms with Gasteiger partial charge in [0.15, 0.2) is 6.61 Å². The van der Waals surface area contributed by atoms with Crippen molar-refractivity contribution >= 4 is 17.6 Å². The fraction of sp³-hybridized carbons (Fsp3) is 0.222. The van der Waals surface area contributed by atoms with Crippen molar-refractivity contribution in [3.8, 4) is 5.75 Å². The van der Waals surface area contributed by atoms with Gasteiger partial charge in [0.1, 0.15) is 5.75 Å². The van der Waals surface area contributed by atoms with Crippen LogP contribution >= 0.6 is 0 Å². The number of carbonyl (C=O) groups is 2. The first kappa shape index (κ1) is 16.5. The SMILES string of the molecule is COc1ccc(C(=O)OCC(=O)Nc2c(C)cccc2C)cc1. The number of nitrogens with one attached hydrogen (secondary N) is 1. The predicted molar refractivity (Wildman–Crippen MR) is 87.8 cm³/mol. The van der Waals surface area contributed by atoms with Gasteiger partial charge in [-0.15, -0.1) is 0 Å². The first-order valence-corrected chi connectivity index (χ1v) is 7.18. The molecule has 0 unspecified atom stereocenters. The minimum atomic E-state index is -0.552. The Kier molecular flexibility index (Phi) is 5.36. The normalized spacial score (nSPS) is 10.0. The van der Waals surface area contributed by atoms with Crippen LogP contribution in [0.5, 0.6) is 5.75 Å². The lowest BCUT2D eigenvalue weighted by molar-refractivity contribution is -0.119. The molecule has 0 aliphatic rings. The van der Waals surface area contributed by atoms with Gasteiger partial charge in [0.2, 0.25) is 0 Å². The molecule has 0 bridgehead atoms. The van der Waals surface area contributed by atoms with E-state index in [4.69, 9.17) is 9.47 Å². The second-order valence-corrected chi connectivity index (χ2v) is 5.12. The zero-order chi connectivity index (χ0) is 16.8. The van der Waals surface area contributed by atoms with E-state index >= 15 is 0 Å².